The summed E-state index contributed by atoms with van der Waals surface area (Å²) in [4.78, 5) is 14.8. The zero-order chi connectivity index (χ0) is 12.4. The molecule has 4 nitrogen and oxygen atoms in total. The van der Waals surface area contributed by atoms with Gasteiger partial charge in [0.2, 0.25) is 0 Å². The molecule has 0 fully saturated rings. The van der Waals surface area contributed by atoms with E-state index in [0.717, 1.165) is 11.3 Å². The summed E-state index contributed by atoms with van der Waals surface area (Å²) in [6.07, 6.45) is 0. The predicted molar refractivity (Wildman–Crippen MR) is 60.3 cm³/mol. The third kappa shape index (κ3) is 2.42. The molecule has 1 heterocycles. The maximum absolute atomic E-state index is 13.3. The van der Waals surface area contributed by atoms with E-state index < -0.39 is 11.8 Å². The lowest BCUT2D eigenvalue weighted by atomic mass is 10.3. The maximum Gasteiger partial charge on any atom is 0.347 e. The van der Waals surface area contributed by atoms with Crippen LogP contribution in [-0.4, -0.2) is 16.1 Å². The first-order chi connectivity index (χ1) is 8.08. The van der Waals surface area contributed by atoms with E-state index >= 15 is 0 Å². The van der Waals surface area contributed by atoms with Crippen LogP contribution >= 0.6 is 11.3 Å². The van der Waals surface area contributed by atoms with Gasteiger partial charge in [-0.15, -0.1) is 0 Å². The number of carbonyl (C=O) groups is 1. The molecular weight excluding hydrogens is 245 g/mol. The van der Waals surface area contributed by atoms with Gasteiger partial charge < -0.3 is 9.84 Å². The van der Waals surface area contributed by atoms with E-state index in [2.05, 4.69) is 4.98 Å². The smallest absolute Gasteiger partial charge is 0.347 e. The highest BCUT2D eigenvalue weighted by atomic mass is 32.1. The number of hydrogen-bond donors (Lipinski definition) is 1. The average molecular weight is 253 g/mol. The van der Waals surface area contributed by atoms with Crippen molar-refractivity contribution in [3.63, 3.8) is 0 Å². The Kier molecular flexibility index (Phi) is 3.06. The summed E-state index contributed by atoms with van der Waals surface area (Å²) in [6, 6.07) is 5.87. The molecule has 1 aromatic carbocycles. The van der Waals surface area contributed by atoms with Gasteiger partial charge in [-0.2, -0.15) is 0 Å². The van der Waals surface area contributed by atoms with Gasteiger partial charge in [-0.1, -0.05) is 23.5 Å². The summed E-state index contributed by atoms with van der Waals surface area (Å²) in [5.74, 6) is -1.56. The lowest BCUT2D eigenvalue weighted by molar-refractivity contribution is 0.0701. The minimum atomic E-state index is -1.07. The zero-order valence-electron chi connectivity index (χ0n) is 8.81. The van der Waals surface area contributed by atoms with Crippen molar-refractivity contribution in [1.82, 2.24) is 4.98 Å². The van der Waals surface area contributed by atoms with Gasteiger partial charge in [0.1, 0.15) is 4.88 Å². The lowest BCUT2D eigenvalue weighted by Crippen LogP contribution is -1.94. The Morgan fingerprint density at radius 1 is 1.47 bits per heavy atom. The Bertz CT molecular complexity index is 568. The van der Waals surface area contributed by atoms with E-state index in [1.807, 2.05) is 0 Å². The second kappa shape index (κ2) is 4.50. The number of aromatic carboxylic acids is 1. The van der Waals surface area contributed by atoms with E-state index in [-0.39, 0.29) is 15.8 Å². The number of ether oxygens (including phenoxy) is 1. The predicted octanol–water partition coefficient (Wildman–Crippen LogP) is 3.08. The molecule has 17 heavy (non-hydrogen) atoms. The van der Waals surface area contributed by atoms with Gasteiger partial charge in [0.25, 0.3) is 5.19 Å². The zero-order valence-corrected chi connectivity index (χ0v) is 9.62. The van der Waals surface area contributed by atoms with Gasteiger partial charge >= 0.3 is 5.97 Å². The van der Waals surface area contributed by atoms with Crippen molar-refractivity contribution < 1.29 is 19.0 Å². The van der Waals surface area contributed by atoms with E-state index in [1.165, 1.54) is 18.2 Å². The third-order valence-corrected chi connectivity index (χ3v) is 3.03. The number of nitrogens with zero attached hydrogens (tertiary/aromatic N) is 1. The maximum atomic E-state index is 13.3. The van der Waals surface area contributed by atoms with Crippen LogP contribution in [0.5, 0.6) is 10.9 Å². The molecule has 0 radical (unpaired) electrons. The van der Waals surface area contributed by atoms with Gasteiger partial charge in [0, 0.05) is 0 Å². The molecule has 0 spiro atoms. The molecule has 0 amide bonds. The number of aromatic nitrogens is 1. The van der Waals surface area contributed by atoms with Gasteiger partial charge in [0.15, 0.2) is 11.6 Å². The fourth-order valence-corrected chi connectivity index (χ4v) is 2.00. The average Bonchev–Trinajstić information content (AvgIpc) is 2.63. The minimum absolute atomic E-state index is 0.0261. The number of carboxylic acid groups (broad SMARTS) is 1. The van der Waals surface area contributed by atoms with Crippen LogP contribution in [0.1, 0.15) is 15.4 Å². The number of aryl methyl sites for hydroxylation is 1. The van der Waals surface area contributed by atoms with E-state index in [1.54, 1.807) is 13.0 Å². The molecule has 0 saturated heterocycles. The molecule has 0 bridgehead atoms. The van der Waals surface area contributed by atoms with Crippen LogP contribution in [0, 0.1) is 12.7 Å². The monoisotopic (exact) mass is 253 g/mol. The Labute approximate surface area is 100 Å². The summed E-state index contributed by atoms with van der Waals surface area (Å²) in [6.45, 7) is 1.56. The Morgan fingerprint density at radius 2 is 2.18 bits per heavy atom. The van der Waals surface area contributed by atoms with Gasteiger partial charge in [-0.25, -0.2) is 14.2 Å². The van der Waals surface area contributed by atoms with E-state index in [0.29, 0.717) is 5.69 Å². The third-order valence-electron chi connectivity index (χ3n) is 2.01. The van der Waals surface area contributed by atoms with Gasteiger partial charge in [-0.3, -0.25) is 0 Å². The summed E-state index contributed by atoms with van der Waals surface area (Å²) >= 11 is 0.872. The standard InChI is InChI=1S/C11H8FNO3S/c1-6-9(10(14)15)17-11(13-6)16-8-5-3-2-4-7(8)12/h2-5H,1H3,(H,14,15). The number of carboxylic acids is 1. The Balaban J connectivity index is 2.28. The Morgan fingerprint density at radius 3 is 2.76 bits per heavy atom. The van der Waals surface area contributed by atoms with Crippen LogP contribution in [0.2, 0.25) is 0 Å². The van der Waals surface area contributed by atoms with Crippen LogP contribution in [0.4, 0.5) is 4.39 Å². The Hall–Kier alpha value is -1.95. The molecule has 0 saturated carbocycles. The van der Waals surface area contributed by atoms with E-state index in [4.69, 9.17) is 9.84 Å². The normalized spacial score (nSPS) is 10.2. The van der Waals surface area contributed by atoms with Crippen LogP contribution in [0.25, 0.3) is 0 Å². The highest BCUT2D eigenvalue weighted by Gasteiger charge is 2.16. The molecular formula is C11H8FNO3S. The minimum Gasteiger partial charge on any atom is -0.477 e. The number of halogens is 1. The molecule has 0 unspecified atom stereocenters. The molecule has 88 valence electrons. The van der Waals surface area contributed by atoms with E-state index in [9.17, 15) is 9.18 Å². The lowest BCUT2D eigenvalue weighted by Gasteiger charge is -2.01. The molecule has 0 atom stereocenters. The topological polar surface area (TPSA) is 59.4 Å². The summed E-state index contributed by atoms with van der Waals surface area (Å²) < 4.78 is 18.5. The molecule has 0 aliphatic rings. The van der Waals surface area contributed by atoms with Gasteiger partial charge in [0.05, 0.1) is 5.69 Å². The largest absolute Gasteiger partial charge is 0.477 e. The SMILES string of the molecule is Cc1nc(Oc2ccccc2F)sc1C(=O)O. The number of para-hydroxylation sites is 1. The number of benzene rings is 1. The number of hydrogen-bond acceptors (Lipinski definition) is 4. The highest BCUT2D eigenvalue weighted by Crippen LogP contribution is 2.30. The summed E-state index contributed by atoms with van der Waals surface area (Å²) in [5, 5.41) is 8.96. The second-order valence-corrected chi connectivity index (χ2v) is 4.19. The van der Waals surface area contributed by atoms with Crippen molar-refractivity contribution in [2.45, 2.75) is 6.92 Å². The quantitative estimate of drug-likeness (QED) is 0.913. The molecule has 1 aromatic heterocycles. The number of rotatable bonds is 3. The summed E-state index contributed by atoms with van der Waals surface area (Å²) in [5.41, 5.74) is 0.355. The van der Waals surface area contributed by atoms with Crippen molar-refractivity contribution in [2.75, 3.05) is 0 Å². The first-order valence-electron chi connectivity index (χ1n) is 4.71. The molecule has 0 aliphatic carbocycles. The fraction of sp³-hybridized carbons (Fsp3) is 0.0909. The molecule has 2 aromatic rings. The van der Waals surface area contributed by atoms with Crippen LogP contribution in [0.15, 0.2) is 24.3 Å². The highest BCUT2D eigenvalue weighted by molar-refractivity contribution is 7.15. The first kappa shape index (κ1) is 11.5. The molecule has 1 N–H and O–H groups in total. The van der Waals surface area contributed by atoms with Crippen molar-refractivity contribution in [1.29, 1.82) is 0 Å². The second-order valence-electron chi connectivity index (χ2n) is 3.23. The summed E-state index contributed by atoms with van der Waals surface area (Å²) in [7, 11) is 0. The van der Waals surface area contributed by atoms with Crippen LogP contribution in [0.3, 0.4) is 0 Å². The first-order valence-corrected chi connectivity index (χ1v) is 5.52. The van der Waals surface area contributed by atoms with Crippen molar-refractivity contribution in [3.05, 3.63) is 40.7 Å². The van der Waals surface area contributed by atoms with Crippen molar-refractivity contribution >= 4 is 17.3 Å². The van der Waals surface area contributed by atoms with Crippen LogP contribution in [-0.2, 0) is 0 Å². The molecule has 6 heteroatoms. The van der Waals surface area contributed by atoms with Crippen molar-refractivity contribution in [2.24, 2.45) is 0 Å². The molecule has 0 aliphatic heterocycles. The molecule has 2 rings (SSSR count). The van der Waals surface area contributed by atoms with Gasteiger partial charge in [-0.05, 0) is 19.1 Å². The van der Waals surface area contributed by atoms with Crippen molar-refractivity contribution in [3.8, 4) is 10.9 Å². The fourth-order valence-electron chi connectivity index (χ4n) is 1.24. The number of thiazole rings is 1. The van der Waals surface area contributed by atoms with Crippen LogP contribution < -0.4 is 4.74 Å².